The molecule has 0 spiro atoms. The summed E-state index contributed by atoms with van der Waals surface area (Å²) in [5, 5.41) is 0.704. The lowest BCUT2D eigenvalue weighted by Gasteiger charge is -2.08. The Hall–Kier alpha value is -0.810. The van der Waals surface area contributed by atoms with Gasteiger partial charge in [0.15, 0.2) is 0 Å². The highest BCUT2D eigenvalue weighted by Gasteiger charge is 2.03. The van der Waals surface area contributed by atoms with Crippen molar-refractivity contribution in [3.8, 4) is 0 Å². The lowest BCUT2D eigenvalue weighted by atomic mass is 10.1. The highest BCUT2D eigenvalue weighted by Crippen LogP contribution is 2.18. The van der Waals surface area contributed by atoms with Crippen LogP contribution in [-0.2, 0) is 6.54 Å². The van der Waals surface area contributed by atoms with E-state index in [4.69, 9.17) is 11.6 Å². The van der Waals surface area contributed by atoms with Crippen LogP contribution in [0.4, 0.5) is 0 Å². The molecule has 2 rings (SSSR count). The predicted octanol–water partition coefficient (Wildman–Crippen LogP) is 3.46. The van der Waals surface area contributed by atoms with Crippen molar-refractivity contribution in [1.29, 1.82) is 0 Å². The Morgan fingerprint density at radius 3 is 2.76 bits per heavy atom. The Bertz CT molecular complexity index is 607. The number of nitrogens with zero attached hydrogens (tertiary/aromatic N) is 1. The van der Waals surface area contributed by atoms with Gasteiger partial charge in [0.05, 0.1) is 6.54 Å². The Morgan fingerprint density at radius 2 is 2.06 bits per heavy atom. The first-order valence-corrected chi connectivity index (χ1v) is 6.63. The van der Waals surface area contributed by atoms with Crippen LogP contribution < -0.4 is 5.56 Å². The molecule has 2 aromatic rings. The van der Waals surface area contributed by atoms with Crippen molar-refractivity contribution < 1.29 is 0 Å². The third-order valence-electron chi connectivity index (χ3n) is 2.50. The molecule has 0 aliphatic rings. The number of halogens is 2. The molecule has 0 aliphatic carbocycles. The zero-order valence-electron chi connectivity index (χ0n) is 9.28. The lowest BCUT2D eigenvalue weighted by Crippen LogP contribution is -2.19. The Morgan fingerprint density at radius 1 is 1.29 bits per heavy atom. The lowest BCUT2D eigenvalue weighted by molar-refractivity contribution is 0.756. The summed E-state index contributed by atoms with van der Waals surface area (Å²) < 4.78 is 2.70. The highest BCUT2D eigenvalue weighted by atomic mass is 127. The number of hydrogen-bond donors (Lipinski definition) is 0. The van der Waals surface area contributed by atoms with Gasteiger partial charge in [0, 0.05) is 20.9 Å². The molecule has 0 amide bonds. The fourth-order valence-corrected chi connectivity index (χ4v) is 2.40. The fraction of sp³-hybridized carbons (Fsp3) is 0.154. The van der Waals surface area contributed by atoms with Gasteiger partial charge in [-0.1, -0.05) is 23.7 Å². The summed E-state index contributed by atoms with van der Waals surface area (Å²) in [4.78, 5) is 11.7. The van der Waals surface area contributed by atoms with Gasteiger partial charge >= 0.3 is 0 Å². The molecule has 4 heteroatoms. The topological polar surface area (TPSA) is 22.0 Å². The predicted molar refractivity (Wildman–Crippen MR) is 78.7 cm³/mol. The molecule has 0 aliphatic heterocycles. The van der Waals surface area contributed by atoms with Crippen molar-refractivity contribution in [1.82, 2.24) is 4.57 Å². The molecule has 0 N–H and O–H groups in total. The maximum atomic E-state index is 11.7. The molecular weight excluding hydrogens is 349 g/mol. The highest BCUT2D eigenvalue weighted by molar-refractivity contribution is 14.1. The summed E-state index contributed by atoms with van der Waals surface area (Å²) >= 11 is 8.34. The quantitative estimate of drug-likeness (QED) is 0.753. The van der Waals surface area contributed by atoms with E-state index in [1.165, 1.54) is 0 Å². The molecule has 0 radical (unpaired) electrons. The first-order chi connectivity index (χ1) is 8.06. The van der Waals surface area contributed by atoms with Gasteiger partial charge in [0.25, 0.3) is 5.56 Å². The SMILES string of the molecule is Cc1ccc(Cn2cc(I)ccc2=O)c(Cl)c1. The molecule has 0 unspecified atom stereocenters. The van der Waals surface area contributed by atoms with Crippen molar-refractivity contribution in [3.05, 3.63) is 66.6 Å². The molecule has 1 aromatic heterocycles. The minimum absolute atomic E-state index is 0.0120. The van der Waals surface area contributed by atoms with E-state index < -0.39 is 0 Å². The van der Waals surface area contributed by atoms with Crippen LogP contribution in [0.25, 0.3) is 0 Å². The van der Waals surface area contributed by atoms with E-state index in [0.717, 1.165) is 14.7 Å². The maximum Gasteiger partial charge on any atom is 0.250 e. The van der Waals surface area contributed by atoms with Crippen molar-refractivity contribution in [2.75, 3.05) is 0 Å². The molecule has 0 saturated heterocycles. The summed E-state index contributed by atoms with van der Waals surface area (Å²) in [7, 11) is 0. The smallest absolute Gasteiger partial charge is 0.250 e. The van der Waals surface area contributed by atoms with Crippen LogP contribution in [0, 0.1) is 10.5 Å². The van der Waals surface area contributed by atoms with Crippen LogP contribution in [0.5, 0.6) is 0 Å². The minimum atomic E-state index is -0.0120. The van der Waals surface area contributed by atoms with E-state index in [0.29, 0.717) is 11.6 Å². The van der Waals surface area contributed by atoms with Crippen molar-refractivity contribution in [2.24, 2.45) is 0 Å². The van der Waals surface area contributed by atoms with E-state index in [2.05, 4.69) is 22.6 Å². The Balaban J connectivity index is 2.38. The molecule has 1 heterocycles. The average molecular weight is 360 g/mol. The van der Waals surface area contributed by atoms with Crippen molar-refractivity contribution in [2.45, 2.75) is 13.5 Å². The Labute approximate surface area is 118 Å². The largest absolute Gasteiger partial charge is 0.310 e. The first kappa shape index (κ1) is 12.6. The van der Waals surface area contributed by atoms with Gasteiger partial charge in [0.1, 0.15) is 0 Å². The molecule has 2 nitrogen and oxygen atoms in total. The van der Waals surface area contributed by atoms with Crippen LogP contribution >= 0.6 is 34.2 Å². The van der Waals surface area contributed by atoms with Gasteiger partial charge in [0.2, 0.25) is 0 Å². The summed E-state index contributed by atoms with van der Waals surface area (Å²) in [5.74, 6) is 0. The van der Waals surface area contributed by atoms with Crippen LogP contribution in [0.3, 0.4) is 0 Å². The van der Waals surface area contributed by atoms with Gasteiger partial charge < -0.3 is 4.57 Å². The summed E-state index contributed by atoms with van der Waals surface area (Å²) in [6.45, 7) is 2.50. The molecule has 1 aromatic carbocycles. The van der Waals surface area contributed by atoms with Gasteiger partial charge in [-0.15, -0.1) is 0 Å². The molecule has 0 atom stereocenters. The molecule has 17 heavy (non-hydrogen) atoms. The number of rotatable bonds is 2. The van der Waals surface area contributed by atoms with Crippen LogP contribution in [0.2, 0.25) is 5.02 Å². The number of aryl methyl sites for hydroxylation is 1. The molecule has 0 fully saturated rings. The van der Waals surface area contributed by atoms with Gasteiger partial charge in [-0.3, -0.25) is 4.79 Å². The monoisotopic (exact) mass is 359 g/mol. The summed E-state index contributed by atoms with van der Waals surface area (Å²) in [6, 6.07) is 9.25. The third-order valence-corrected chi connectivity index (χ3v) is 3.49. The Kier molecular flexibility index (Phi) is 3.89. The van der Waals surface area contributed by atoms with Crippen molar-refractivity contribution in [3.63, 3.8) is 0 Å². The fourth-order valence-electron chi connectivity index (χ4n) is 1.59. The molecule has 88 valence electrons. The van der Waals surface area contributed by atoms with Gasteiger partial charge in [-0.05, 0) is 52.8 Å². The normalized spacial score (nSPS) is 10.5. The number of aromatic nitrogens is 1. The van der Waals surface area contributed by atoms with Crippen molar-refractivity contribution >= 4 is 34.2 Å². The van der Waals surface area contributed by atoms with E-state index in [1.807, 2.05) is 31.3 Å². The van der Waals surface area contributed by atoms with Crippen LogP contribution in [-0.4, -0.2) is 4.57 Å². The van der Waals surface area contributed by atoms with E-state index in [9.17, 15) is 4.79 Å². The first-order valence-electron chi connectivity index (χ1n) is 5.17. The second kappa shape index (κ2) is 5.23. The molecule has 0 bridgehead atoms. The molecule has 0 saturated carbocycles. The maximum absolute atomic E-state index is 11.7. The van der Waals surface area contributed by atoms with E-state index in [1.54, 1.807) is 16.7 Å². The minimum Gasteiger partial charge on any atom is -0.310 e. The summed E-state index contributed by atoms with van der Waals surface area (Å²) in [5.41, 5.74) is 2.07. The standard InChI is InChI=1S/C13H11ClINO/c1-9-2-3-10(12(14)6-9)7-16-8-11(15)4-5-13(16)17/h2-6,8H,7H2,1H3. The molecular formula is C13H11ClINO. The van der Waals surface area contributed by atoms with E-state index >= 15 is 0 Å². The second-order valence-electron chi connectivity index (χ2n) is 3.91. The average Bonchev–Trinajstić information content (AvgIpc) is 2.27. The number of hydrogen-bond acceptors (Lipinski definition) is 1. The summed E-state index contributed by atoms with van der Waals surface area (Å²) in [6.07, 6.45) is 1.83. The van der Waals surface area contributed by atoms with Crippen LogP contribution in [0.1, 0.15) is 11.1 Å². The van der Waals surface area contributed by atoms with Gasteiger partial charge in [-0.2, -0.15) is 0 Å². The van der Waals surface area contributed by atoms with Gasteiger partial charge in [-0.25, -0.2) is 0 Å². The number of pyridine rings is 1. The number of benzene rings is 1. The van der Waals surface area contributed by atoms with Crippen LogP contribution in [0.15, 0.2) is 41.3 Å². The third kappa shape index (κ3) is 3.10. The zero-order valence-corrected chi connectivity index (χ0v) is 12.2. The zero-order chi connectivity index (χ0) is 12.4. The second-order valence-corrected chi connectivity index (χ2v) is 5.56. The van der Waals surface area contributed by atoms with E-state index in [-0.39, 0.29) is 5.56 Å².